The molecule has 22 heavy (non-hydrogen) atoms. The van der Waals surface area contributed by atoms with Crippen molar-refractivity contribution in [1.82, 2.24) is 4.90 Å². The van der Waals surface area contributed by atoms with Gasteiger partial charge in [0.25, 0.3) is 0 Å². The Morgan fingerprint density at radius 2 is 2.05 bits per heavy atom. The van der Waals surface area contributed by atoms with Crippen LogP contribution in [0.3, 0.4) is 0 Å². The molecule has 0 bridgehead atoms. The van der Waals surface area contributed by atoms with Crippen LogP contribution in [-0.2, 0) is 11.0 Å². The molecule has 0 aliphatic heterocycles. The number of carbonyl (C=O) groups excluding carboxylic acids is 1. The highest BCUT2D eigenvalue weighted by Crippen LogP contribution is 2.34. The molecule has 4 nitrogen and oxygen atoms in total. The molecule has 0 saturated heterocycles. The summed E-state index contributed by atoms with van der Waals surface area (Å²) in [6.45, 7) is 4.40. The number of anilines is 1. The fourth-order valence-corrected chi connectivity index (χ4v) is 1.97. The van der Waals surface area contributed by atoms with Gasteiger partial charge in [-0.05, 0) is 25.6 Å². The quantitative estimate of drug-likeness (QED) is 0.878. The van der Waals surface area contributed by atoms with E-state index in [0.717, 1.165) is 6.07 Å². The molecule has 1 amide bonds. The minimum atomic E-state index is -4.52. The summed E-state index contributed by atoms with van der Waals surface area (Å²) in [6.07, 6.45) is -4.52. The number of alkyl halides is 3. The summed E-state index contributed by atoms with van der Waals surface area (Å²) in [5.41, 5.74) is -1.14. The zero-order valence-electron chi connectivity index (χ0n) is 12.4. The molecule has 0 saturated carbocycles. The number of hydrogen-bond acceptors (Lipinski definition) is 3. The zero-order valence-corrected chi connectivity index (χ0v) is 12.4. The first-order valence-corrected chi connectivity index (χ1v) is 6.86. The van der Waals surface area contributed by atoms with Gasteiger partial charge in [0.05, 0.1) is 29.8 Å². The molecule has 0 aliphatic carbocycles. The van der Waals surface area contributed by atoms with Crippen LogP contribution in [0.15, 0.2) is 24.3 Å². The van der Waals surface area contributed by atoms with Crippen LogP contribution in [0.1, 0.15) is 19.4 Å². The average Bonchev–Trinajstić information content (AvgIpc) is 2.45. The molecule has 0 aliphatic rings. The van der Waals surface area contributed by atoms with E-state index >= 15 is 0 Å². The maximum atomic E-state index is 12.8. The summed E-state index contributed by atoms with van der Waals surface area (Å²) in [5.74, 6) is -0.793. The number of amides is 1. The van der Waals surface area contributed by atoms with E-state index in [1.807, 2.05) is 6.92 Å². The molecule has 0 spiro atoms. The van der Waals surface area contributed by atoms with Gasteiger partial charge in [-0.25, -0.2) is 0 Å². The summed E-state index contributed by atoms with van der Waals surface area (Å²) >= 11 is 0. The van der Waals surface area contributed by atoms with Gasteiger partial charge < -0.3 is 5.32 Å². The highest BCUT2D eigenvalue weighted by molar-refractivity contribution is 5.93. The third-order valence-corrected chi connectivity index (χ3v) is 3.07. The number of nitrogens with zero attached hydrogens (tertiary/aromatic N) is 2. The standard InChI is InChI=1S/C15H18F3N3O/c1-3-21(9-11(2)8-19)10-14(22)20-13-7-5-4-6-12(13)15(16,17)18/h4-7,11H,3,9-10H2,1-2H3,(H,20,22)/t11-/m1/s1. The third-order valence-electron chi connectivity index (χ3n) is 3.07. The Labute approximate surface area is 127 Å². The summed E-state index contributed by atoms with van der Waals surface area (Å²) < 4.78 is 38.5. The second-order valence-electron chi connectivity index (χ2n) is 4.95. The Hall–Kier alpha value is -2.07. The second-order valence-corrected chi connectivity index (χ2v) is 4.95. The molecule has 1 aromatic carbocycles. The summed E-state index contributed by atoms with van der Waals surface area (Å²) in [7, 11) is 0. The smallest absolute Gasteiger partial charge is 0.324 e. The van der Waals surface area contributed by atoms with Crippen molar-refractivity contribution >= 4 is 11.6 Å². The van der Waals surface area contributed by atoms with Crippen molar-refractivity contribution in [2.24, 2.45) is 5.92 Å². The van der Waals surface area contributed by atoms with E-state index in [0.29, 0.717) is 13.1 Å². The highest BCUT2D eigenvalue weighted by atomic mass is 19.4. The molecule has 0 aromatic heterocycles. The Kier molecular flexibility index (Phi) is 6.38. The number of benzene rings is 1. The van der Waals surface area contributed by atoms with E-state index in [-0.39, 0.29) is 18.2 Å². The first-order valence-electron chi connectivity index (χ1n) is 6.86. The first-order chi connectivity index (χ1) is 10.3. The average molecular weight is 313 g/mol. The fourth-order valence-electron chi connectivity index (χ4n) is 1.97. The maximum absolute atomic E-state index is 12.8. The molecule has 7 heteroatoms. The molecule has 1 aromatic rings. The Bertz CT molecular complexity index is 552. The molecule has 0 radical (unpaired) electrons. The molecule has 1 atom stereocenters. The van der Waals surface area contributed by atoms with Crippen LogP contribution in [0.25, 0.3) is 0 Å². The first kappa shape index (κ1) is 18.0. The predicted molar refractivity (Wildman–Crippen MR) is 77.0 cm³/mol. The lowest BCUT2D eigenvalue weighted by Crippen LogP contribution is -2.36. The number of hydrogen-bond donors (Lipinski definition) is 1. The van der Waals surface area contributed by atoms with E-state index in [9.17, 15) is 18.0 Å². The van der Waals surface area contributed by atoms with E-state index in [4.69, 9.17) is 5.26 Å². The topological polar surface area (TPSA) is 56.1 Å². The normalized spacial score (nSPS) is 12.8. The molecule has 0 unspecified atom stereocenters. The van der Waals surface area contributed by atoms with Crippen molar-refractivity contribution in [3.63, 3.8) is 0 Å². The maximum Gasteiger partial charge on any atom is 0.418 e. The molecule has 1 N–H and O–H groups in total. The van der Waals surface area contributed by atoms with E-state index in [1.165, 1.54) is 18.2 Å². The lowest BCUT2D eigenvalue weighted by atomic mass is 10.1. The molecule has 0 heterocycles. The molecule has 120 valence electrons. The van der Waals surface area contributed by atoms with Gasteiger partial charge in [-0.1, -0.05) is 19.1 Å². The summed E-state index contributed by atoms with van der Waals surface area (Å²) in [6, 6.07) is 6.90. The minimum absolute atomic E-state index is 0.0608. The van der Waals surface area contributed by atoms with Crippen LogP contribution >= 0.6 is 0 Å². The molecule has 1 rings (SSSR count). The fraction of sp³-hybridized carbons (Fsp3) is 0.467. The van der Waals surface area contributed by atoms with Crippen molar-refractivity contribution in [3.8, 4) is 6.07 Å². The van der Waals surface area contributed by atoms with E-state index in [1.54, 1.807) is 11.8 Å². The van der Waals surface area contributed by atoms with Crippen molar-refractivity contribution in [1.29, 1.82) is 5.26 Å². The van der Waals surface area contributed by atoms with Crippen LogP contribution in [0.2, 0.25) is 0 Å². The monoisotopic (exact) mass is 313 g/mol. The summed E-state index contributed by atoms with van der Waals surface area (Å²) in [4.78, 5) is 13.6. The molecular weight excluding hydrogens is 295 g/mol. The number of carbonyl (C=O) groups is 1. The van der Waals surface area contributed by atoms with Crippen LogP contribution in [0, 0.1) is 17.2 Å². The van der Waals surface area contributed by atoms with Gasteiger partial charge in [-0.2, -0.15) is 18.4 Å². The third kappa shape index (κ3) is 5.37. The van der Waals surface area contributed by atoms with Crippen LogP contribution < -0.4 is 5.32 Å². The number of likely N-dealkylation sites (N-methyl/N-ethyl adjacent to an activating group) is 1. The number of nitrogens with one attached hydrogen (secondary N) is 1. The van der Waals surface area contributed by atoms with Gasteiger partial charge in [0.2, 0.25) is 5.91 Å². The van der Waals surface area contributed by atoms with Gasteiger partial charge in [0.1, 0.15) is 0 Å². The number of nitriles is 1. The lowest BCUT2D eigenvalue weighted by molar-refractivity contribution is -0.137. The van der Waals surface area contributed by atoms with Crippen LogP contribution in [-0.4, -0.2) is 30.4 Å². The zero-order chi connectivity index (χ0) is 16.8. The summed E-state index contributed by atoms with van der Waals surface area (Å²) in [5, 5.41) is 11.1. The van der Waals surface area contributed by atoms with Crippen LogP contribution in [0.4, 0.5) is 18.9 Å². The molecular formula is C15H18F3N3O. The van der Waals surface area contributed by atoms with Crippen molar-refractivity contribution in [2.45, 2.75) is 20.0 Å². The number of para-hydroxylation sites is 1. The second kappa shape index (κ2) is 7.80. The van der Waals surface area contributed by atoms with Gasteiger partial charge in [-0.15, -0.1) is 0 Å². The van der Waals surface area contributed by atoms with Gasteiger partial charge in [0, 0.05) is 6.54 Å². The van der Waals surface area contributed by atoms with Crippen LogP contribution in [0.5, 0.6) is 0 Å². The van der Waals surface area contributed by atoms with Crippen molar-refractivity contribution in [3.05, 3.63) is 29.8 Å². The lowest BCUT2D eigenvalue weighted by Gasteiger charge is -2.21. The Morgan fingerprint density at radius 1 is 1.41 bits per heavy atom. The van der Waals surface area contributed by atoms with Crippen molar-refractivity contribution in [2.75, 3.05) is 25.0 Å². The van der Waals surface area contributed by atoms with Gasteiger partial charge in [-0.3, -0.25) is 9.69 Å². The minimum Gasteiger partial charge on any atom is -0.324 e. The Balaban J connectivity index is 2.75. The van der Waals surface area contributed by atoms with Crippen molar-refractivity contribution < 1.29 is 18.0 Å². The van der Waals surface area contributed by atoms with Gasteiger partial charge in [0.15, 0.2) is 0 Å². The largest absolute Gasteiger partial charge is 0.418 e. The predicted octanol–water partition coefficient (Wildman–Crippen LogP) is 3.13. The van der Waals surface area contributed by atoms with Gasteiger partial charge >= 0.3 is 6.18 Å². The SMILES string of the molecule is CCN(CC(=O)Nc1ccccc1C(F)(F)F)C[C@H](C)C#N. The molecule has 0 fully saturated rings. The number of rotatable bonds is 6. The van der Waals surface area contributed by atoms with E-state index < -0.39 is 17.6 Å². The highest BCUT2D eigenvalue weighted by Gasteiger charge is 2.33. The number of halogens is 3. The Morgan fingerprint density at radius 3 is 2.59 bits per heavy atom. The van der Waals surface area contributed by atoms with E-state index in [2.05, 4.69) is 11.4 Å².